The first-order chi connectivity index (χ1) is 12.9. The minimum atomic E-state index is -0.959. The normalized spacial score (nSPS) is 14.3. The van der Waals surface area contributed by atoms with Crippen LogP contribution in [0.1, 0.15) is 28.8 Å². The maximum absolute atomic E-state index is 12.7. The number of anilines is 1. The van der Waals surface area contributed by atoms with Crippen LogP contribution in [0.3, 0.4) is 0 Å². The van der Waals surface area contributed by atoms with Gasteiger partial charge in [-0.1, -0.05) is 24.8 Å². The molecule has 0 saturated carbocycles. The summed E-state index contributed by atoms with van der Waals surface area (Å²) >= 11 is 0. The van der Waals surface area contributed by atoms with Crippen molar-refractivity contribution in [2.24, 2.45) is 0 Å². The second-order valence-electron chi connectivity index (χ2n) is 6.77. The van der Waals surface area contributed by atoms with Gasteiger partial charge in [0.25, 0.3) is 5.91 Å². The summed E-state index contributed by atoms with van der Waals surface area (Å²) in [6, 6.07) is 8.16. The molecule has 0 bridgehead atoms. The van der Waals surface area contributed by atoms with Gasteiger partial charge in [0.2, 0.25) is 0 Å². The number of benzene rings is 1. The van der Waals surface area contributed by atoms with Crippen molar-refractivity contribution in [3.05, 3.63) is 54.1 Å². The molecular weight excluding hydrogens is 344 g/mol. The van der Waals surface area contributed by atoms with E-state index in [0.717, 1.165) is 29.9 Å². The van der Waals surface area contributed by atoms with E-state index in [1.165, 1.54) is 10.8 Å². The molecule has 1 aromatic heterocycles. The first-order valence-electron chi connectivity index (χ1n) is 8.91. The number of allylic oxidation sites excluding steroid dienone is 1. The van der Waals surface area contributed by atoms with Crippen LogP contribution in [0, 0.1) is 6.92 Å². The van der Waals surface area contributed by atoms with Crippen molar-refractivity contribution < 1.29 is 14.7 Å². The number of aryl methyl sites for hydroxylation is 1. The van der Waals surface area contributed by atoms with Crippen molar-refractivity contribution in [3.63, 3.8) is 0 Å². The van der Waals surface area contributed by atoms with Crippen LogP contribution in [-0.2, 0) is 11.3 Å². The number of nitrogens with zero attached hydrogens (tertiary/aromatic N) is 4. The highest BCUT2D eigenvalue weighted by Crippen LogP contribution is 2.27. The summed E-state index contributed by atoms with van der Waals surface area (Å²) < 4.78 is 1.48. The molecule has 7 nitrogen and oxygen atoms in total. The SMILES string of the molecule is C=C(C)c1ccccc1N1CCN(C(=O)c2cn(CC(=O)O)c(C)n2)CC1. The lowest BCUT2D eigenvalue weighted by molar-refractivity contribution is -0.137. The highest BCUT2D eigenvalue weighted by atomic mass is 16.4. The summed E-state index contributed by atoms with van der Waals surface area (Å²) in [7, 11) is 0. The summed E-state index contributed by atoms with van der Waals surface area (Å²) in [5.41, 5.74) is 3.58. The summed E-state index contributed by atoms with van der Waals surface area (Å²) in [6.45, 7) is 10.2. The van der Waals surface area contributed by atoms with Crippen LogP contribution < -0.4 is 4.90 Å². The molecule has 1 N–H and O–H groups in total. The van der Waals surface area contributed by atoms with Crippen LogP contribution >= 0.6 is 0 Å². The van der Waals surface area contributed by atoms with Gasteiger partial charge in [-0.2, -0.15) is 0 Å². The Balaban J connectivity index is 1.68. The molecule has 1 amide bonds. The molecule has 0 unspecified atom stereocenters. The Labute approximate surface area is 158 Å². The first kappa shape index (κ1) is 18.7. The summed E-state index contributed by atoms with van der Waals surface area (Å²) in [4.78, 5) is 31.9. The fourth-order valence-corrected chi connectivity index (χ4v) is 3.34. The molecule has 0 aliphatic carbocycles. The van der Waals surface area contributed by atoms with Gasteiger partial charge in [0.1, 0.15) is 18.1 Å². The zero-order valence-corrected chi connectivity index (χ0v) is 15.7. The Morgan fingerprint density at radius 3 is 2.48 bits per heavy atom. The number of aromatic nitrogens is 2. The minimum absolute atomic E-state index is 0.157. The largest absolute Gasteiger partial charge is 0.480 e. The number of piperazine rings is 1. The fourth-order valence-electron chi connectivity index (χ4n) is 3.34. The van der Waals surface area contributed by atoms with E-state index in [-0.39, 0.29) is 12.5 Å². The van der Waals surface area contributed by atoms with Crippen molar-refractivity contribution in [1.82, 2.24) is 14.5 Å². The molecule has 7 heteroatoms. The Bertz CT molecular complexity index is 879. The Morgan fingerprint density at radius 1 is 1.19 bits per heavy atom. The zero-order valence-electron chi connectivity index (χ0n) is 15.7. The van der Waals surface area contributed by atoms with Crippen molar-refractivity contribution in [2.75, 3.05) is 31.1 Å². The molecule has 142 valence electrons. The number of imidazole rings is 1. The van der Waals surface area contributed by atoms with Crippen molar-refractivity contribution in [3.8, 4) is 0 Å². The molecule has 0 spiro atoms. The summed E-state index contributed by atoms with van der Waals surface area (Å²) in [5, 5.41) is 8.93. The number of rotatable bonds is 5. The van der Waals surface area contributed by atoms with E-state index >= 15 is 0 Å². The maximum atomic E-state index is 12.7. The Morgan fingerprint density at radius 2 is 1.85 bits per heavy atom. The van der Waals surface area contributed by atoms with Crippen LogP contribution in [0.5, 0.6) is 0 Å². The van der Waals surface area contributed by atoms with Crippen LogP contribution in [0.25, 0.3) is 5.57 Å². The number of para-hydroxylation sites is 1. The lowest BCUT2D eigenvalue weighted by atomic mass is 10.1. The van der Waals surface area contributed by atoms with Gasteiger partial charge in [-0.3, -0.25) is 9.59 Å². The van der Waals surface area contributed by atoms with E-state index in [2.05, 4.69) is 28.6 Å². The number of aliphatic carboxylic acids is 1. The number of hydrogen-bond donors (Lipinski definition) is 1. The van der Waals surface area contributed by atoms with E-state index < -0.39 is 5.97 Å². The van der Waals surface area contributed by atoms with Crippen LogP contribution in [0.4, 0.5) is 5.69 Å². The minimum Gasteiger partial charge on any atom is -0.480 e. The third-order valence-electron chi connectivity index (χ3n) is 4.77. The number of carboxylic acid groups (broad SMARTS) is 1. The van der Waals surface area contributed by atoms with E-state index in [1.54, 1.807) is 11.8 Å². The molecule has 0 atom stereocenters. The monoisotopic (exact) mass is 368 g/mol. The molecular formula is C20H24N4O3. The fraction of sp³-hybridized carbons (Fsp3) is 0.350. The van der Waals surface area contributed by atoms with Crippen LogP contribution in [0.15, 0.2) is 37.0 Å². The average molecular weight is 368 g/mol. The third-order valence-corrected chi connectivity index (χ3v) is 4.77. The topological polar surface area (TPSA) is 78.7 Å². The van der Waals surface area contributed by atoms with E-state index in [0.29, 0.717) is 24.6 Å². The number of hydrogen-bond acceptors (Lipinski definition) is 4. The molecule has 1 aromatic carbocycles. The molecule has 0 radical (unpaired) electrons. The second kappa shape index (κ2) is 7.65. The highest BCUT2D eigenvalue weighted by Gasteiger charge is 2.25. The average Bonchev–Trinajstić information content (AvgIpc) is 3.01. The second-order valence-corrected chi connectivity index (χ2v) is 6.77. The van der Waals surface area contributed by atoms with Crippen molar-refractivity contribution >= 4 is 23.1 Å². The van der Waals surface area contributed by atoms with Gasteiger partial charge >= 0.3 is 5.97 Å². The van der Waals surface area contributed by atoms with Crippen molar-refractivity contribution in [2.45, 2.75) is 20.4 Å². The number of carbonyl (C=O) groups excluding carboxylic acids is 1. The quantitative estimate of drug-likeness (QED) is 0.876. The molecule has 2 aromatic rings. The number of amides is 1. The van der Waals surface area contributed by atoms with Crippen LogP contribution in [-0.4, -0.2) is 57.6 Å². The molecule has 1 fully saturated rings. The predicted octanol–water partition coefficient (Wildman–Crippen LogP) is 2.27. The maximum Gasteiger partial charge on any atom is 0.323 e. The lowest BCUT2D eigenvalue weighted by Crippen LogP contribution is -2.49. The van der Waals surface area contributed by atoms with Gasteiger partial charge in [0.15, 0.2) is 0 Å². The van der Waals surface area contributed by atoms with E-state index in [1.807, 2.05) is 19.1 Å². The summed E-state index contributed by atoms with van der Waals surface area (Å²) in [6.07, 6.45) is 1.52. The Hall–Kier alpha value is -3.09. The first-order valence-corrected chi connectivity index (χ1v) is 8.91. The zero-order chi connectivity index (χ0) is 19.6. The molecule has 2 heterocycles. The number of carboxylic acids is 1. The highest BCUT2D eigenvalue weighted by molar-refractivity contribution is 5.92. The smallest absolute Gasteiger partial charge is 0.323 e. The van der Waals surface area contributed by atoms with Gasteiger partial charge in [-0.15, -0.1) is 0 Å². The van der Waals surface area contributed by atoms with Gasteiger partial charge in [-0.25, -0.2) is 4.98 Å². The predicted molar refractivity (Wildman–Crippen MR) is 104 cm³/mol. The standard InChI is InChI=1S/C20H24N4O3/c1-14(2)16-6-4-5-7-18(16)22-8-10-23(11-9-22)20(27)17-12-24(13-19(25)26)15(3)21-17/h4-7,12H,1,8-11,13H2,2-3H3,(H,25,26). The molecule has 27 heavy (non-hydrogen) atoms. The van der Waals surface area contributed by atoms with Gasteiger partial charge in [-0.05, 0) is 25.5 Å². The molecule has 1 aliphatic rings. The Kier molecular flexibility index (Phi) is 5.30. The lowest BCUT2D eigenvalue weighted by Gasteiger charge is -2.36. The third kappa shape index (κ3) is 4.02. The molecule has 1 aliphatic heterocycles. The molecule has 3 rings (SSSR count). The molecule has 1 saturated heterocycles. The van der Waals surface area contributed by atoms with Crippen molar-refractivity contribution in [1.29, 1.82) is 0 Å². The van der Waals surface area contributed by atoms with Crippen LogP contribution in [0.2, 0.25) is 0 Å². The van der Waals surface area contributed by atoms with Gasteiger partial charge < -0.3 is 19.5 Å². The van der Waals surface area contributed by atoms with E-state index in [4.69, 9.17) is 5.11 Å². The number of carbonyl (C=O) groups is 2. The van der Waals surface area contributed by atoms with E-state index in [9.17, 15) is 9.59 Å². The van der Waals surface area contributed by atoms with Gasteiger partial charge in [0.05, 0.1) is 0 Å². The van der Waals surface area contributed by atoms with Gasteiger partial charge in [0, 0.05) is 43.6 Å². The summed E-state index contributed by atoms with van der Waals surface area (Å²) in [5.74, 6) is -0.593.